The molecule has 1 aliphatic heterocycles. The fraction of sp³-hybridized carbons (Fsp3) is 0.636. The smallest absolute Gasteiger partial charge is 0.119 e. The lowest BCUT2D eigenvalue weighted by Gasteiger charge is -2.26. The summed E-state index contributed by atoms with van der Waals surface area (Å²) in [5.41, 5.74) is 3.39. The van der Waals surface area contributed by atoms with Crippen LogP contribution in [0.4, 0.5) is 0 Å². The van der Waals surface area contributed by atoms with E-state index in [0.717, 1.165) is 18.1 Å². The Morgan fingerprint density at radius 2 is 2.07 bits per heavy atom. The summed E-state index contributed by atoms with van der Waals surface area (Å²) in [7, 11) is 0. The van der Waals surface area contributed by atoms with Crippen molar-refractivity contribution in [2.45, 2.75) is 32.7 Å². The molecule has 0 saturated carbocycles. The molecule has 1 aromatic rings. The van der Waals surface area contributed by atoms with Gasteiger partial charge in [0.05, 0.1) is 6.54 Å². The van der Waals surface area contributed by atoms with Crippen molar-refractivity contribution in [1.29, 1.82) is 0 Å². The Labute approximate surface area is 85.1 Å². The van der Waals surface area contributed by atoms with Gasteiger partial charge in [0.2, 0.25) is 0 Å². The van der Waals surface area contributed by atoms with Crippen LogP contribution in [-0.4, -0.2) is 18.1 Å². The van der Waals surface area contributed by atoms with Gasteiger partial charge in [0.15, 0.2) is 0 Å². The molecule has 3 heteroatoms. The predicted molar refractivity (Wildman–Crippen MR) is 55.7 cm³/mol. The first-order chi connectivity index (χ1) is 6.84. The average Bonchev–Trinajstić information content (AvgIpc) is 2.63. The van der Waals surface area contributed by atoms with Gasteiger partial charge in [-0.25, -0.2) is 10.4 Å². The van der Waals surface area contributed by atoms with Gasteiger partial charge >= 0.3 is 0 Å². The number of nitrogens with zero attached hydrogens (tertiary/aromatic N) is 1. The predicted octanol–water partition coefficient (Wildman–Crippen LogP) is 2.08. The number of piperidine rings is 1. The minimum Gasteiger partial charge on any atom is -0.465 e. The fourth-order valence-corrected chi connectivity index (χ4v) is 1.82. The zero-order chi connectivity index (χ0) is 9.80. The summed E-state index contributed by atoms with van der Waals surface area (Å²) in [5, 5.41) is 2.29. The monoisotopic (exact) mass is 194 g/mol. The highest BCUT2D eigenvalue weighted by molar-refractivity contribution is 5.04. The van der Waals surface area contributed by atoms with Gasteiger partial charge in [-0.15, -0.1) is 0 Å². The van der Waals surface area contributed by atoms with Crippen LogP contribution < -0.4 is 5.43 Å². The van der Waals surface area contributed by atoms with E-state index < -0.39 is 0 Å². The molecular weight excluding hydrogens is 176 g/mol. The molecule has 2 heterocycles. The van der Waals surface area contributed by atoms with Gasteiger partial charge in [-0.05, 0) is 31.9 Å². The van der Waals surface area contributed by atoms with Crippen LogP contribution in [0.15, 0.2) is 16.5 Å². The van der Waals surface area contributed by atoms with E-state index in [1.165, 1.54) is 32.4 Å². The summed E-state index contributed by atoms with van der Waals surface area (Å²) in [6.45, 7) is 5.12. The van der Waals surface area contributed by atoms with E-state index in [2.05, 4.69) is 10.4 Å². The summed E-state index contributed by atoms with van der Waals surface area (Å²) < 4.78 is 5.49. The molecule has 1 N–H and O–H groups in total. The van der Waals surface area contributed by atoms with Crippen molar-refractivity contribution in [3.05, 3.63) is 23.7 Å². The molecule has 1 aliphatic rings. The standard InChI is InChI=1S/C11H18N2O/c1-10-5-6-11(14-10)9-12-13-7-3-2-4-8-13/h5-6,12H,2-4,7-9H2,1H3. The van der Waals surface area contributed by atoms with Gasteiger partial charge in [-0.1, -0.05) is 6.42 Å². The van der Waals surface area contributed by atoms with E-state index in [9.17, 15) is 0 Å². The first-order valence-electron chi connectivity index (χ1n) is 5.38. The lowest BCUT2D eigenvalue weighted by Crippen LogP contribution is -2.41. The Balaban J connectivity index is 1.76. The Bertz CT molecular complexity index is 277. The number of aryl methyl sites for hydroxylation is 1. The molecule has 0 spiro atoms. The minimum atomic E-state index is 0.813. The van der Waals surface area contributed by atoms with E-state index in [4.69, 9.17) is 4.42 Å². The SMILES string of the molecule is Cc1ccc(CNN2CCCCC2)o1. The maximum atomic E-state index is 5.49. The summed E-state index contributed by atoms with van der Waals surface area (Å²) in [4.78, 5) is 0. The Kier molecular flexibility index (Phi) is 3.22. The van der Waals surface area contributed by atoms with Crippen molar-refractivity contribution < 1.29 is 4.42 Å². The van der Waals surface area contributed by atoms with Crippen molar-refractivity contribution in [1.82, 2.24) is 10.4 Å². The molecule has 78 valence electrons. The van der Waals surface area contributed by atoms with Crippen LogP contribution in [0.25, 0.3) is 0 Å². The van der Waals surface area contributed by atoms with Gasteiger partial charge in [-0.3, -0.25) is 0 Å². The maximum Gasteiger partial charge on any atom is 0.119 e. The highest BCUT2D eigenvalue weighted by atomic mass is 16.3. The van der Waals surface area contributed by atoms with Crippen molar-refractivity contribution in [2.75, 3.05) is 13.1 Å². The van der Waals surface area contributed by atoms with Gasteiger partial charge in [0.1, 0.15) is 11.5 Å². The quantitative estimate of drug-likeness (QED) is 0.798. The van der Waals surface area contributed by atoms with Crippen LogP contribution in [0, 0.1) is 6.92 Å². The molecule has 1 saturated heterocycles. The number of nitrogens with one attached hydrogen (secondary N) is 1. The van der Waals surface area contributed by atoms with Crippen molar-refractivity contribution in [3.63, 3.8) is 0 Å². The second-order valence-electron chi connectivity index (χ2n) is 3.89. The summed E-state index contributed by atoms with van der Waals surface area (Å²) in [6, 6.07) is 4.04. The van der Waals surface area contributed by atoms with Gasteiger partial charge in [0.25, 0.3) is 0 Å². The summed E-state index contributed by atoms with van der Waals surface area (Å²) in [6.07, 6.45) is 3.99. The molecule has 0 bridgehead atoms. The van der Waals surface area contributed by atoms with Crippen LogP contribution in [-0.2, 0) is 6.54 Å². The first kappa shape index (κ1) is 9.74. The third-order valence-electron chi connectivity index (χ3n) is 2.63. The third-order valence-corrected chi connectivity index (χ3v) is 2.63. The van der Waals surface area contributed by atoms with Crippen LogP contribution >= 0.6 is 0 Å². The maximum absolute atomic E-state index is 5.49. The van der Waals surface area contributed by atoms with E-state index in [1.54, 1.807) is 0 Å². The van der Waals surface area contributed by atoms with Crippen molar-refractivity contribution in [3.8, 4) is 0 Å². The molecule has 0 radical (unpaired) electrons. The lowest BCUT2D eigenvalue weighted by atomic mass is 10.2. The highest BCUT2D eigenvalue weighted by Crippen LogP contribution is 2.08. The van der Waals surface area contributed by atoms with E-state index in [0.29, 0.717) is 0 Å². The molecule has 14 heavy (non-hydrogen) atoms. The Morgan fingerprint density at radius 1 is 1.29 bits per heavy atom. The lowest BCUT2D eigenvalue weighted by molar-refractivity contribution is 0.146. The van der Waals surface area contributed by atoms with E-state index >= 15 is 0 Å². The zero-order valence-electron chi connectivity index (χ0n) is 8.75. The van der Waals surface area contributed by atoms with E-state index in [1.807, 2.05) is 19.1 Å². The van der Waals surface area contributed by atoms with Crippen molar-refractivity contribution >= 4 is 0 Å². The van der Waals surface area contributed by atoms with Crippen LogP contribution in [0.2, 0.25) is 0 Å². The molecule has 0 aromatic carbocycles. The summed E-state index contributed by atoms with van der Waals surface area (Å²) in [5.74, 6) is 2.01. The molecular formula is C11H18N2O. The van der Waals surface area contributed by atoms with Crippen molar-refractivity contribution in [2.24, 2.45) is 0 Å². The number of rotatable bonds is 3. The molecule has 0 amide bonds. The molecule has 0 unspecified atom stereocenters. The molecule has 0 aliphatic carbocycles. The molecule has 0 atom stereocenters. The molecule has 1 aromatic heterocycles. The average molecular weight is 194 g/mol. The van der Waals surface area contributed by atoms with Gasteiger partial charge < -0.3 is 4.42 Å². The highest BCUT2D eigenvalue weighted by Gasteiger charge is 2.09. The molecule has 3 nitrogen and oxygen atoms in total. The molecule has 1 fully saturated rings. The number of hydrogen-bond donors (Lipinski definition) is 1. The third kappa shape index (κ3) is 2.59. The second-order valence-corrected chi connectivity index (χ2v) is 3.89. The fourth-order valence-electron chi connectivity index (χ4n) is 1.82. The van der Waals surface area contributed by atoms with Gasteiger partial charge in [0, 0.05) is 13.1 Å². The van der Waals surface area contributed by atoms with Gasteiger partial charge in [-0.2, -0.15) is 0 Å². The second kappa shape index (κ2) is 4.62. The number of furan rings is 1. The van der Waals surface area contributed by atoms with E-state index in [-0.39, 0.29) is 0 Å². The number of hydrogen-bond acceptors (Lipinski definition) is 3. The summed E-state index contributed by atoms with van der Waals surface area (Å²) >= 11 is 0. The van der Waals surface area contributed by atoms with Crippen LogP contribution in [0.5, 0.6) is 0 Å². The molecule has 2 rings (SSSR count). The van der Waals surface area contributed by atoms with Crippen LogP contribution in [0.3, 0.4) is 0 Å². The Morgan fingerprint density at radius 3 is 2.71 bits per heavy atom. The topological polar surface area (TPSA) is 28.4 Å². The largest absolute Gasteiger partial charge is 0.465 e. The zero-order valence-corrected chi connectivity index (χ0v) is 8.75. The number of hydrazine groups is 1. The Hall–Kier alpha value is -0.800. The minimum absolute atomic E-state index is 0.813. The normalized spacial score (nSPS) is 18.6. The van der Waals surface area contributed by atoms with Crippen LogP contribution in [0.1, 0.15) is 30.8 Å². The first-order valence-corrected chi connectivity index (χ1v) is 5.38.